The smallest absolute Gasteiger partial charge is 0.212 e. The van der Waals surface area contributed by atoms with E-state index in [0.29, 0.717) is 0 Å². The summed E-state index contributed by atoms with van der Waals surface area (Å²) in [6.07, 6.45) is 0.986. The molecule has 3 nitrogen and oxygen atoms in total. The fourth-order valence-corrected chi connectivity index (χ4v) is 3.03. The Morgan fingerprint density at radius 1 is 1.22 bits per heavy atom. The number of benzene rings is 1. The number of halogens is 1. The van der Waals surface area contributed by atoms with Crippen molar-refractivity contribution in [3.63, 3.8) is 0 Å². The molecule has 1 aromatic carbocycles. The number of hydrogen-bond donors (Lipinski definition) is 1. The van der Waals surface area contributed by atoms with Crippen LogP contribution in [0.15, 0.2) is 24.3 Å². The molecule has 0 aliphatic heterocycles. The van der Waals surface area contributed by atoms with E-state index >= 15 is 0 Å². The highest BCUT2D eigenvalue weighted by molar-refractivity contribution is 9.10. The maximum Gasteiger partial charge on any atom is 0.222 e. The van der Waals surface area contributed by atoms with Crippen LogP contribution < -0.4 is 4.72 Å². The molecule has 0 aliphatic rings. The first kappa shape index (κ1) is 15.7. The van der Waals surface area contributed by atoms with Gasteiger partial charge in [-0.25, -0.2) is 13.1 Å². The Labute approximate surface area is 118 Å². The molecule has 1 atom stereocenters. The van der Waals surface area contributed by atoms with Gasteiger partial charge in [-0.3, -0.25) is 0 Å². The Morgan fingerprint density at radius 2 is 1.78 bits per heavy atom. The van der Waals surface area contributed by atoms with Crippen LogP contribution in [0.4, 0.5) is 0 Å². The van der Waals surface area contributed by atoms with Gasteiger partial charge in [0.05, 0.1) is 0 Å². The van der Waals surface area contributed by atoms with Gasteiger partial charge in [-0.1, -0.05) is 61.0 Å². The SMILES string of the molecule is CCc1ccc(C(NS(=O)(=O)CBr)C(C)C)cc1. The van der Waals surface area contributed by atoms with Gasteiger partial charge in [-0.15, -0.1) is 0 Å². The molecule has 18 heavy (non-hydrogen) atoms. The topological polar surface area (TPSA) is 46.2 Å². The predicted molar refractivity (Wildman–Crippen MR) is 79.2 cm³/mol. The van der Waals surface area contributed by atoms with E-state index in [4.69, 9.17) is 0 Å². The van der Waals surface area contributed by atoms with E-state index in [1.54, 1.807) is 0 Å². The Kier molecular flexibility index (Phi) is 5.82. The molecular weight excluding hydrogens is 314 g/mol. The molecule has 0 saturated carbocycles. The van der Waals surface area contributed by atoms with Crippen LogP contribution in [0, 0.1) is 5.92 Å². The summed E-state index contributed by atoms with van der Waals surface area (Å²) < 4.78 is 26.0. The zero-order valence-electron chi connectivity index (χ0n) is 11.0. The van der Waals surface area contributed by atoms with E-state index in [2.05, 4.69) is 27.6 Å². The van der Waals surface area contributed by atoms with Gasteiger partial charge in [0.15, 0.2) is 0 Å². The number of hydrogen-bond acceptors (Lipinski definition) is 2. The largest absolute Gasteiger partial charge is 0.222 e. The molecule has 102 valence electrons. The molecule has 0 aromatic heterocycles. The van der Waals surface area contributed by atoms with Crippen molar-refractivity contribution in [3.8, 4) is 0 Å². The summed E-state index contributed by atoms with van der Waals surface area (Å²) in [5.74, 6) is 0.200. The third kappa shape index (κ3) is 4.37. The number of alkyl halides is 1. The van der Waals surface area contributed by atoms with Crippen molar-refractivity contribution in [2.45, 2.75) is 33.2 Å². The fraction of sp³-hybridized carbons (Fsp3) is 0.538. The Balaban J connectivity index is 2.97. The second-order valence-electron chi connectivity index (χ2n) is 4.66. The summed E-state index contributed by atoms with van der Waals surface area (Å²) in [6.45, 7) is 6.12. The van der Waals surface area contributed by atoms with E-state index in [0.717, 1.165) is 12.0 Å². The van der Waals surface area contributed by atoms with Gasteiger partial charge in [-0.05, 0) is 23.5 Å². The molecule has 0 radical (unpaired) electrons. The minimum absolute atomic E-state index is 0.0732. The second kappa shape index (κ2) is 6.68. The van der Waals surface area contributed by atoms with Crippen molar-refractivity contribution in [1.29, 1.82) is 0 Å². The van der Waals surface area contributed by atoms with Gasteiger partial charge in [-0.2, -0.15) is 0 Å². The van der Waals surface area contributed by atoms with Crippen molar-refractivity contribution >= 4 is 26.0 Å². The quantitative estimate of drug-likeness (QED) is 0.812. The molecule has 0 aliphatic carbocycles. The molecule has 1 aromatic rings. The first-order valence-electron chi connectivity index (χ1n) is 6.04. The van der Waals surface area contributed by atoms with E-state index in [1.807, 2.05) is 38.1 Å². The van der Waals surface area contributed by atoms with E-state index in [-0.39, 0.29) is 16.6 Å². The molecular formula is C13H20BrNO2S. The number of nitrogens with one attached hydrogen (secondary N) is 1. The average Bonchev–Trinajstić information content (AvgIpc) is 2.36. The van der Waals surface area contributed by atoms with Crippen molar-refractivity contribution in [1.82, 2.24) is 4.72 Å². The zero-order valence-corrected chi connectivity index (χ0v) is 13.4. The highest BCUT2D eigenvalue weighted by Crippen LogP contribution is 2.23. The van der Waals surface area contributed by atoms with E-state index in [1.165, 1.54) is 5.56 Å². The first-order valence-corrected chi connectivity index (χ1v) is 8.81. The number of sulfonamides is 1. The van der Waals surface area contributed by atoms with Crippen molar-refractivity contribution in [2.24, 2.45) is 5.92 Å². The Bertz CT molecular complexity index is 468. The summed E-state index contributed by atoms with van der Waals surface area (Å²) in [5, 5.41) is 0. The lowest BCUT2D eigenvalue weighted by atomic mass is 9.96. The van der Waals surface area contributed by atoms with Gasteiger partial charge in [0, 0.05) is 6.04 Å². The molecule has 1 N–H and O–H groups in total. The minimum atomic E-state index is -3.26. The molecule has 1 unspecified atom stereocenters. The lowest BCUT2D eigenvalue weighted by Crippen LogP contribution is -2.32. The van der Waals surface area contributed by atoms with Crippen LogP contribution in [0.3, 0.4) is 0 Å². The summed E-state index contributed by atoms with van der Waals surface area (Å²) in [6, 6.07) is 7.92. The molecule has 0 spiro atoms. The standard InChI is InChI=1S/C13H20BrNO2S/c1-4-11-5-7-12(8-6-11)13(10(2)3)15-18(16,17)9-14/h5-8,10,13,15H,4,9H2,1-3H3. The fourth-order valence-electron chi connectivity index (χ4n) is 1.77. The van der Waals surface area contributed by atoms with Crippen molar-refractivity contribution in [3.05, 3.63) is 35.4 Å². The van der Waals surface area contributed by atoms with Crippen LogP contribution >= 0.6 is 15.9 Å². The van der Waals surface area contributed by atoms with Gasteiger partial charge < -0.3 is 0 Å². The van der Waals surface area contributed by atoms with Crippen molar-refractivity contribution < 1.29 is 8.42 Å². The second-order valence-corrected chi connectivity index (χ2v) is 7.72. The van der Waals surface area contributed by atoms with Gasteiger partial charge in [0.2, 0.25) is 10.0 Å². The zero-order chi connectivity index (χ0) is 13.8. The van der Waals surface area contributed by atoms with Crippen LogP contribution in [-0.4, -0.2) is 13.1 Å². The van der Waals surface area contributed by atoms with E-state index in [9.17, 15) is 8.42 Å². The Hall–Kier alpha value is -0.390. The molecule has 0 bridgehead atoms. The number of rotatable bonds is 6. The molecule has 0 fully saturated rings. The molecule has 0 amide bonds. The lowest BCUT2D eigenvalue weighted by molar-refractivity contribution is 0.464. The lowest BCUT2D eigenvalue weighted by Gasteiger charge is -2.22. The van der Waals surface area contributed by atoms with Gasteiger partial charge in [0.25, 0.3) is 0 Å². The molecule has 0 saturated heterocycles. The van der Waals surface area contributed by atoms with Gasteiger partial charge in [0.1, 0.15) is 4.66 Å². The van der Waals surface area contributed by atoms with Crippen LogP contribution in [0.1, 0.15) is 37.9 Å². The predicted octanol–water partition coefficient (Wildman–Crippen LogP) is 3.22. The normalized spacial score (nSPS) is 13.8. The average molecular weight is 334 g/mol. The summed E-state index contributed by atoms with van der Waals surface area (Å²) in [5.41, 5.74) is 2.26. The first-order chi connectivity index (χ1) is 8.39. The third-order valence-electron chi connectivity index (χ3n) is 2.86. The Morgan fingerprint density at radius 3 is 2.17 bits per heavy atom. The monoisotopic (exact) mass is 333 g/mol. The summed E-state index contributed by atoms with van der Waals surface area (Å²) in [4.78, 5) is 0. The van der Waals surface area contributed by atoms with Crippen LogP contribution in [0.2, 0.25) is 0 Å². The van der Waals surface area contributed by atoms with Crippen LogP contribution in [0.5, 0.6) is 0 Å². The minimum Gasteiger partial charge on any atom is -0.212 e. The maximum absolute atomic E-state index is 11.7. The molecule has 1 rings (SSSR count). The molecule has 5 heteroatoms. The third-order valence-corrected chi connectivity index (χ3v) is 5.57. The number of aryl methyl sites for hydroxylation is 1. The van der Waals surface area contributed by atoms with E-state index < -0.39 is 10.0 Å². The summed E-state index contributed by atoms with van der Waals surface area (Å²) in [7, 11) is -3.26. The van der Waals surface area contributed by atoms with Crippen LogP contribution in [-0.2, 0) is 16.4 Å². The van der Waals surface area contributed by atoms with Crippen LogP contribution in [0.25, 0.3) is 0 Å². The van der Waals surface area contributed by atoms with Crippen molar-refractivity contribution in [2.75, 3.05) is 4.66 Å². The highest BCUT2D eigenvalue weighted by Gasteiger charge is 2.21. The summed E-state index contributed by atoms with van der Waals surface area (Å²) >= 11 is 2.99. The van der Waals surface area contributed by atoms with Gasteiger partial charge >= 0.3 is 0 Å². The highest BCUT2D eigenvalue weighted by atomic mass is 79.9. The molecule has 0 heterocycles. The maximum atomic E-state index is 11.7.